The lowest BCUT2D eigenvalue weighted by Gasteiger charge is -2.18. The first-order valence-electron chi connectivity index (χ1n) is 7.64. The first-order valence-corrected chi connectivity index (χ1v) is 8.46. The van der Waals surface area contributed by atoms with E-state index in [1.807, 2.05) is 17.6 Å². The van der Waals surface area contributed by atoms with Gasteiger partial charge in [-0.25, -0.2) is 9.50 Å². The van der Waals surface area contributed by atoms with Gasteiger partial charge in [0.1, 0.15) is 0 Å². The van der Waals surface area contributed by atoms with Crippen LogP contribution in [0.15, 0.2) is 36.5 Å². The van der Waals surface area contributed by atoms with Gasteiger partial charge in [0.25, 0.3) is 0 Å². The third-order valence-electron chi connectivity index (χ3n) is 4.11. The molecule has 0 unspecified atom stereocenters. The molecular formula is C16H19N5S. The van der Waals surface area contributed by atoms with Crippen molar-refractivity contribution in [3.8, 4) is 0 Å². The normalized spacial score (nSPS) is 18.2. The summed E-state index contributed by atoms with van der Waals surface area (Å²) in [6, 6.07) is 10.7. The number of fused-ring (bicyclic) bond motifs is 1. The van der Waals surface area contributed by atoms with Gasteiger partial charge < -0.3 is 10.2 Å². The van der Waals surface area contributed by atoms with Crippen LogP contribution in [0.3, 0.4) is 0 Å². The van der Waals surface area contributed by atoms with E-state index >= 15 is 0 Å². The van der Waals surface area contributed by atoms with Crippen molar-refractivity contribution in [2.45, 2.75) is 13.3 Å². The molecule has 3 aromatic rings. The fourth-order valence-corrected chi connectivity index (χ4v) is 3.82. The highest BCUT2D eigenvalue weighted by atomic mass is 32.1. The summed E-state index contributed by atoms with van der Waals surface area (Å²) in [4.78, 5) is 7.85. The van der Waals surface area contributed by atoms with Gasteiger partial charge in [0.15, 0.2) is 0 Å². The number of benzene rings is 1. The summed E-state index contributed by atoms with van der Waals surface area (Å²) in [5.74, 6) is 0.665. The number of aromatic nitrogens is 3. The van der Waals surface area contributed by atoms with Crippen molar-refractivity contribution in [3.05, 3.63) is 42.2 Å². The van der Waals surface area contributed by atoms with Gasteiger partial charge >= 0.3 is 0 Å². The van der Waals surface area contributed by atoms with Gasteiger partial charge in [-0.3, -0.25) is 0 Å². The monoisotopic (exact) mass is 313 g/mol. The van der Waals surface area contributed by atoms with Crippen LogP contribution in [-0.2, 0) is 0 Å². The number of hydrogen-bond acceptors (Lipinski definition) is 5. The van der Waals surface area contributed by atoms with E-state index in [2.05, 4.69) is 50.6 Å². The Bertz CT molecular complexity index is 732. The fraction of sp³-hybridized carbons (Fsp3) is 0.375. The van der Waals surface area contributed by atoms with Crippen molar-refractivity contribution < 1.29 is 0 Å². The Morgan fingerprint density at radius 2 is 2.18 bits per heavy atom. The minimum atomic E-state index is 0.665. The Morgan fingerprint density at radius 3 is 3.00 bits per heavy atom. The van der Waals surface area contributed by atoms with Crippen LogP contribution in [0.1, 0.15) is 12.1 Å². The summed E-state index contributed by atoms with van der Waals surface area (Å²) in [5.41, 5.74) is 2.34. The predicted octanol–water partition coefficient (Wildman–Crippen LogP) is 3.04. The first-order chi connectivity index (χ1) is 10.8. The van der Waals surface area contributed by atoms with Crippen LogP contribution in [0.5, 0.6) is 0 Å². The summed E-state index contributed by atoms with van der Waals surface area (Å²) >= 11 is 1.61. The van der Waals surface area contributed by atoms with Crippen LogP contribution in [0.4, 0.5) is 10.8 Å². The second kappa shape index (κ2) is 5.61. The molecule has 1 N–H and O–H groups in total. The summed E-state index contributed by atoms with van der Waals surface area (Å²) in [6.07, 6.45) is 3.19. The minimum absolute atomic E-state index is 0.665. The first kappa shape index (κ1) is 13.6. The molecule has 0 bridgehead atoms. The largest absolute Gasteiger partial charge is 0.371 e. The van der Waals surface area contributed by atoms with Crippen molar-refractivity contribution in [3.63, 3.8) is 0 Å². The summed E-state index contributed by atoms with van der Waals surface area (Å²) in [5, 5.41) is 8.95. The van der Waals surface area contributed by atoms with Gasteiger partial charge in [-0.15, -0.1) is 5.10 Å². The van der Waals surface area contributed by atoms with E-state index in [4.69, 9.17) is 0 Å². The molecule has 0 spiro atoms. The number of anilines is 2. The lowest BCUT2D eigenvalue weighted by Crippen LogP contribution is -2.22. The molecular weight excluding hydrogens is 294 g/mol. The van der Waals surface area contributed by atoms with Crippen molar-refractivity contribution >= 4 is 27.1 Å². The summed E-state index contributed by atoms with van der Waals surface area (Å²) in [7, 11) is 0. The SMILES string of the molecule is Cc1cn2nc(NC[C@H]3CCN(c4ccccc4)C3)sc2n1. The smallest absolute Gasteiger partial charge is 0.214 e. The molecule has 1 aliphatic rings. The Hall–Kier alpha value is -2.08. The topological polar surface area (TPSA) is 45.5 Å². The molecule has 1 aliphatic heterocycles. The number of hydrogen-bond donors (Lipinski definition) is 1. The maximum atomic E-state index is 4.52. The molecule has 1 saturated heterocycles. The second-order valence-corrected chi connectivity index (χ2v) is 6.79. The highest BCUT2D eigenvalue weighted by Gasteiger charge is 2.22. The maximum absolute atomic E-state index is 4.52. The molecule has 0 aliphatic carbocycles. The quantitative estimate of drug-likeness (QED) is 0.804. The van der Waals surface area contributed by atoms with Gasteiger partial charge in [-0.1, -0.05) is 29.5 Å². The van der Waals surface area contributed by atoms with E-state index in [9.17, 15) is 0 Å². The molecule has 1 aromatic carbocycles. The van der Waals surface area contributed by atoms with E-state index in [1.165, 1.54) is 12.1 Å². The zero-order chi connectivity index (χ0) is 14.9. The van der Waals surface area contributed by atoms with Gasteiger partial charge in [0.2, 0.25) is 10.1 Å². The van der Waals surface area contributed by atoms with Gasteiger partial charge in [-0.2, -0.15) is 0 Å². The minimum Gasteiger partial charge on any atom is -0.371 e. The molecule has 1 fully saturated rings. The molecule has 2 aromatic heterocycles. The fourth-order valence-electron chi connectivity index (χ4n) is 2.98. The van der Waals surface area contributed by atoms with E-state index in [-0.39, 0.29) is 0 Å². The van der Waals surface area contributed by atoms with E-state index in [0.29, 0.717) is 5.92 Å². The molecule has 0 radical (unpaired) electrons. The zero-order valence-electron chi connectivity index (χ0n) is 12.6. The summed E-state index contributed by atoms with van der Waals surface area (Å²) in [6.45, 7) is 5.21. The van der Waals surface area contributed by atoms with Gasteiger partial charge in [0.05, 0.1) is 11.9 Å². The number of nitrogens with one attached hydrogen (secondary N) is 1. The third kappa shape index (κ3) is 2.66. The number of para-hydroxylation sites is 1. The Kier molecular flexibility index (Phi) is 3.46. The van der Waals surface area contributed by atoms with Gasteiger partial charge in [-0.05, 0) is 31.4 Å². The van der Waals surface area contributed by atoms with Crippen molar-refractivity contribution in [1.82, 2.24) is 14.6 Å². The van der Waals surface area contributed by atoms with Crippen LogP contribution in [0.2, 0.25) is 0 Å². The highest BCUT2D eigenvalue weighted by molar-refractivity contribution is 7.20. The Balaban J connectivity index is 1.35. The second-order valence-electron chi connectivity index (χ2n) is 5.83. The standard InChI is InChI=1S/C16H19N5S/c1-12-10-21-16(18-12)22-15(19-21)17-9-13-7-8-20(11-13)14-5-3-2-4-6-14/h2-6,10,13H,7-9,11H2,1H3,(H,17,19)/t13-/m1/s1. The third-order valence-corrected chi connectivity index (χ3v) is 4.99. The zero-order valence-corrected chi connectivity index (χ0v) is 13.4. The van der Waals surface area contributed by atoms with Crippen LogP contribution in [0.25, 0.3) is 4.96 Å². The van der Waals surface area contributed by atoms with E-state index < -0.39 is 0 Å². The summed E-state index contributed by atoms with van der Waals surface area (Å²) < 4.78 is 1.85. The number of nitrogens with zero attached hydrogens (tertiary/aromatic N) is 4. The average molecular weight is 313 g/mol. The molecule has 0 amide bonds. The number of rotatable bonds is 4. The predicted molar refractivity (Wildman–Crippen MR) is 90.9 cm³/mol. The Labute approximate surface area is 133 Å². The molecule has 3 heterocycles. The number of aryl methyl sites for hydroxylation is 1. The van der Waals surface area contributed by atoms with E-state index in [1.54, 1.807) is 11.3 Å². The lowest BCUT2D eigenvalue weighted by molar-refractivity contribution is 0.621. The van der Waals surface area contributed by atoms with Crippen LogP contribution < -0.4 is 10.2 Å². The van der Waals surface area contributed by atoms with E-state index in [0.717, 1.165) is 35.4 Å². The van der Waals surface area contributed by atoms with Crippen LogP contribution >= 0.6 is 11.3 Å². The molecule has 22 heavy (non-hydrogen) atoms. The molecule has 1 atom stereocenters. The molecule has 114 valence electrons. The highest BCUT2D eigenvalue weighted by Crippen LogP contribution is 2.25. The molecule has 4 rings (SSSR count). The van der Waals surface area contributed by atoms with Crippen LogP contribution in [-0.4, -0.2) is 34.2 Å². The number of imidazole rings is 1. The van der Waals surface area contributed by atoms with Crippen molar-refractivity contribution in [2.24, 2.45) is 5.92 Å². The molecule has 0 saturated carbocycles. The maximum Gasteiger partial charge on any atom is 0.214 e. The van der Waals surface area contributed by atoms with Crippen LogP contribution in [0, 0.1) is 12.8 Å². The Morgan fingerprint density at radius 1 is 1.32 bits per heavy atom. The van der Waals surface area contributed by atoms with Crippen molar-refractivity contribution in [1.29, 1.82) is 0 Å². The van der Waals surface area contributed by atoms with Crippen molar-refractivity contribution in [2.75, 3.05) is 29.9 Å². The lowest BCUT2D eigenvalue weighted by atomic mass is 10.1. The molecule has 5 nitrogen and oxygen atoms in total. The molecule has 6 heteroatoms. The van der Waals surface area contributed by atoms with Gasteiger partial charge in [0, 0.05) is 25.3 Å². The average Bonchev–Trinajstić information content (AvgIpc) is 3.20.